The number of nitrogens with zero attached hydrogens (tertiary/aromatic N) is 3. The summed E-state index contributed by atoms with van der Waals surface area (Å²) in [7, 11) is 0. The van der Waals surface area contributed by atoms with Crippen LogP contribution in [0.15, 0.2) is 133 Å². The fourth-order valence-corrected chi connectivity index (χ4v) is 6.98. The molecule has 7 aromatic rings. The summed E-state index contributed by atoms with van der Waals surface area (Å²) >= 11 is 1.84. The summed E-state index contributed by atoms with van der Waals surface area (Å²) in [4.78, 5) is 9.96. The largest absolute Gasteiger partial charge is 0.306 e. The van der Waals surface area contributed by atoms with E-state index in [1.54, 1.807) is 0 Å². The Morgan fingerprint density at radius 2 is 1.22 bits per heavy atom. The molecule has 0 spiro atoms. The van der Waals surface area contributed by atoms with Crippen LogP contribution >= 0.6 is 11.3 Å². The monoisotopic (exact) mass is 545 g/mol. The zero-order valence-electron chi connectivity index (χ0n) is 22.7. The van der Waals surface area contributed by atoms with E-state index in [1.165, 1.54) is 43.2 Å². The molecular weight excluding hydrogens is 518 g/mol. The van der Waals surface area contributed by atoms with Gasteiger partial charge >= 0.3 is 0 Å². The van der Waals surface area contributed by atoms with Crippen LogP contribution in [0.2, 0.25) is 0 Å². The van der Waals surface area contributed by atoms with Gasteiger partial charge in [-0.3, -0.25) is 4.57 Å². The highest BCUT2D eigenvalue weighted by molar-refractivity contribution is 7.18. The van der Waals surface area contributed by atoms with Gasteiger partial charge in [0.2, 0.25) is 0 Å². The summed E-state index contributed by atoms with van der Waals surface area (Å²) < 4.78 is 2.35. The highest BCUT2D eigenvalue weighted by Gasteiger charge is 2.28. The molecular formula is C37H27N3S. The minimum atomic E-state index is 0.872. The number of hydrogen-bond donors (Lipinski definition) is 0. The van der Waals surface area contributed by atoms with E-state index in [-0.39, 0.29) is 0 Å². The topological polar surface area (TPSA) is 21.1 Å². The van der Waals surface area contributed by atoms with Crippen molar-refractivity contribution in [3.63, 3.8) is 0 Å². The molecule has 1 aliphatic heterocycles. The fraction of sp³-hybridized carbons (Fsp3) is 0.0541. The van der Waals surface area contributed by atoms with Gasteiger partial charge in [-0.05, 0) is 70.8 Å². The first-order chi connectivity index (χ1) is 20.3. The lowest BCUT2D eigenvalue weighted by Crippen LogP contribution is -2.19. The Labute approximate surface area is 243 Å². The number of anilines is 3. The molecule has 0 saturated carbocycles. The van der Waals surface area contributed by atoms with E-state index in [0.717, 1.165) is 34.8 Å². The molecule has 0 unspecified atom stereocenters. The number of para-hydroxylation sites is 2. The number of aromatic nitrogens is 2. The summed E-state index contributed by atoms with van der Waals surface area (Å²) in [5, 5.41) is 0. The first-order valence-electron chi connectivity index (χ1n) is 14.0. The molecule has 0 atom stereocenters. The minimum Gasteiger partial charge on any atom is -0.306 e. The fourth-order valence-electron chi connectivity index (χ4n) is 5.97. The van der Waals surface area contributed by atoms with Crippen molar-refractivity contribution in [1.29, 1.82) is 0 Å². The molecule has 8 rings (SSSR count). The van der Waals surface area contributed by atoms with Crippen molar-refractivity contribution >= 4 is 39.4 Å². The molecule has 0 radical (unpaired) electrons. The normalized spacial score (nSPS) is 12.1. The molecule has 4 heteroatoms. The second kappa shape index (κ2) is 9.61. The Bertz CT molecular complexity index is 2020. The van der Waals surface area contributed by atoms with E-state index in [0.29, 0.717) is 0 Å². The Kier molecular flexibility index (Phi) is 5.61. The third kappa shape index (κ3) is 3.91. The van der Waals surface area contributed by atoms with Crippen LogP contribution in [0.1, 0.15) is 12.7 Å². The van der Waals surface area contributed by atoms with Gasteiger partial charge in [-0.1, -0.05) is 91.9 Å². The standard InChI is InChI=1S/C37H27N3S/c1-2-36-38-30-14-9-15-32-37(30)40(36)31-21-20-28(24-33(31)39(32)29-12-7-4-8-13-29)25-16-18-27(19-17-25)35-23-22-34(41-35)26-10-5-3-6-11-26/h3-24H,2H2,1H3. The van der Waals surface area contributed by atoms with Crippen molar-refractivity contribution < 1.29 is 0 Å². The van der Waals surface area contributed by atoms with E-state index in [2.05, 4.69) is 150 Å². The van der Waals surface area contributed by atoms with Crippen LogP contribution in [0.25, 0.3) is 48.7 Å². The number of hydrogen-bond acceptors (Lipinski definition) is 3. The first-order valence-corrected chi connectivity index (χ1v) is 14.9. The van der Waals surface area contributed by atoms with Crippen molar-refractivity contribution in [2.75, 3.05) is 4.90 Å². The summed E-state index contributed by atoms with van der Waals surface area (Å²) in [5.74, 6) is 1.09. The second-order valence-corrected chi connectivity index (χ2v) is 11.4. The lowest BCUT2D eigenvalue weighted by Gasteiger charge is -2.33. The maximum atomic E-state index is 5.01. The highest BCUT2D eigenvalue weighted by Crippen LogP contribution is 2.48. The molecule has 2 aromatic heterocycles. The summed E-state index contributed by atoms with van der Waals surface area (Å²) in [6, 6.07) is 48.0. The molecule has 3 nitrogen and oxygen atoms in total. The number of benzene rings is 5. The quantitative estimate of drug-likeness (QED) is 0.214. The van der Waals surface area contributed by atoms with Crippen LogP contribution in [0.5, 0.6) is 0 Å². The van der Waals surface area contributed by atoms with Crippen molar-refractivity contribution in [1.82, 2.24) is 9.55 Å². The maximum absolute atomic E-state index is 5.01. The summed E-state index contributed by atoms with van der Waals surface area (Å²) in [6.45, 7) is 2.18. The predicted molar refractivity (Wildman–Crippen MR) is 173 cm³/mol. The molecule has 0 amide bonds. The number of rotatable bonds is 5. The van der Waals surface area contributed by atoms with Gasteiger partial charge in [-0.15, -0.1) is 11.3 Å². The summed E-state index contributed by atoms with van der Waals surface area (Å²) in [6.07, 6.45) is 0.872. The number of thiophene rings is 1. The lowest BCUT2D eigenvalue weighted by atomic mass is 10.00. The third-order valence-electron chi connectivity index (χ3n) is 7.92. The van der Waals surface area contributed by atoms with Gasteiger partial charge in [0, 0.05) is 21.9 Å². The smallest absolute Gasteiger partial charge is 0.114 e. The molecule has 0 bridgehead atoms. The molecule has 0 aliphatic carbocycles. The van der Waals surface area contributed by atoms with Crippen LogP contribution in [-0.4, -0.2) is 9.55 Å². The minimum absolute atomic E-state index is 0.872. The van der Waals surface area contributed by atoms with Crippen LogP contribution in [0.4, 0.5) is 17.1 Å². The zero-order chi connectivity index (χ0) is 27.3. The highest BCUT2D eigenvalue weighted by atomic mass is 32.1. The van der Waals surface area contributed by atoms with E-state index in [4.69, 9.17) is 4.98 Å². The van der Waals surface area contributed by atoms with Gasteiger partial charge in [-0.25, -0.2) is 4.98 Å². The van der Waals surface area contributed by atoms with Crippen molar-refractivity contribution in [2.45, 2.75) is 13.3 Å². The van der Waals surface area contributed by atoms with Crippen LogP contribution in [0.3, 0.4) is 0 Å². The van der Waals surface area contributed by atoms with Gasteiger partial charge in [-0.2, -0.15) is 0 Å². The van der Waals surface area contributed by atoms with Crippen LogP contribution < -0.4 is 4.90 Å². The molecule has 0 saturated heterocycles. The van der Waals surface area contributed by atoms with Gasteiger partial charge in [0.25, 0.3) is 0 Å². The third-order valence-corrected chi connectivity index (χ3v) is 9.10. The van der Waals surface area contributed by atoms with E-state index in [1.807, 2.05) is 11.3 Å². The molecule has 0 fully saturated rings. The molecule has 1 aliphatic rings. The van der Waals surface area contributed by atoms with Gasteiger partial charge in [0.1, 0.15) is 5.82 Å². The lowest BCUT2D eigenvalue weighted by molar-refractivity contribution is 0.900. The van der Waals surface area contributed by atoms with E-state index in [9.17, 15) is 0 Å². The van der Waals surface area contributed by atoms with E-state index < -0.39 is 0 Å². The average Bonchev–Trinajstić information content (AvgIpc) is 3.69. The second-order valence-electron chi connectivity index (χ2n) is 10.3. The molecule has 5 aromatic carbocycles. The van der Waals surface area contributed by atoms with Gasteiger partial charge in [0.15, 0.2) is 0 Å². The van der Waals surface area contributed by atoms with E-state index >= 15 is 0 Å². The molecule has 196 valence electrons. The average molecular weight is 546 g/mol. The maximum Gasteiger partial charge on any atom is 0.114 e. The number of imidazole rings is 1. The van der Waals surface area contributed by atoms with Crippen LogP contribution in [-0.2, 0) is 6.42 Å². The number of fused-ring (bicyclic) bond motifs is 2. The molecule has 41 heavy (non-hydrogen) atoms. The van der Waals surface area contributed by atoms with Crippen molar-refractivity contribution in [2.24, 2.45) is 0 Å². The Balaban J connectivity index is 1.22. The first kappa shape index (κ1) is 23.9. The zero-order valence-corrected chi connectivity index (χ0v) is 23.5. The predicted octanol–water partition coefficient (Wildman–Crippen LogP) is 10.4. The Morgan fingerprint density at radius 3 is 1.95 bits per heavy atom. The van der Waals surface area contributed by atoms with Crippen LogP contribution in [0, 0.1) is 0 Å². The van der Waals surface area contributed by atoms with Gasteiger partial charge < -0.3 is 4.90 Å². The molecule has 0 N–H and O–H groups in total. The summed E-state index contributed by atoms with van der Waals surface area (Å²) in [5.41, 5.74) is 11.7. The SMILES string of the molecule is CCc1nc2cccc3c2n1-c1ccc(-c2ccc(-c4ccc(-c5ccccc5)s4)cc2)cc1N3c1ccccc1. The Hall–Kier alpha value is -4.93. The Morgan fingerprint density at radius 1 is 0.561 bits per heavy atom. The number of aryl methyl sites for hydroxylation is 1. The van der Waals surface area contributed by atoms with Gasteiger partial charge in [0.05, 0.1) is 28.1 Å². The molecule has 3 heterocycles. The van der Waals surface area contributed by atoms with Crippen molar-refractivity contribution in [3.8, 4) is 37.7 Å². The van der Waals surface area contributed by atoms with Crippen molar-refractivity contribution in [3.05, 3.63) is 139 Å².